The van der Waals surface area contributed by atoms with Gasteiger partial charge in [-0.1, -0.05) is 103 Å². The summed E-state index contributed by atoms with van der Waals surface area (Å²) in [6.07, 6.45) is 9.23. The minimum Gasteiger partial charge on any atom is -0.395 e. The standard InChI is InChI=1S/C31H33NOS/c1-34-28-22-20-27(21-23-28)31(30-19-12-17-26-16-9-10-18-29(26)30)32-33-24-11-4-2-3-6-13-25-14-7-5-8-15-25/h5,7-10,12,14-23H,2-4,6,11,13,24H2,1H3/b32-31-. The Morgan fingerprint density at radius 3 is 2.24 bits per heavy atom. The number of thioether (sulfide) groups is 1. The van der Waals surface area contributed by atoms with Gasteiger partial charge in [-0.05, 0) is 60.4 Å². The Kier molecular flexibility index (Phi) is 9.21. The van der Waals surface area contributed by atoms with Crippen molar-refractivity contribution < 1.29 is 4.84 Å². The summed E-state index contributed by atoms with van der Waals surface area (Å²) in [5, 5.41) is 7.06. The summed E-state index contributed by atoms with van der Waals surface area (Å²) in [6.45, 7) is 0.649. The number of oxime groups is 1. The van der Waals surface area contributed by atoms with Crippen LogP contribution in [0.3, 0.4) is 0 Å². The predicted molar refractivity (Wildman–Crippen MR) is 147 cm³/mol. The van der Waals surface area contributed by atoms with E-state index in [-0.39, 0.29) is 0 Å². The van der Waals surface area contributed by atoms with Crippen LogP contribution in [0.5, 0.6) is 0 Å². The number of aryl methyl sites for hydroxylation is 1. The van der Waals surface area contributed by atoms with Crippen molar-refractivity contribution in [3.63, 3.8) is 0 Å². The van der Waals surface area contributed by atoms with Gasteiger partial charge in [0.2, 0.25) is 0 Å². The molecule has 0 saturated carbocycles. The average Bonchev–Trinajstić information content (AvgIpc) is 2.90. The van der Waals surface area contributed by atoms with E-state index in [9.17, 15) is 0 Å². The Morgan fingerprint density at radius 2 is 1.41 bits per heavy atom. The van der Waals surface area contributed by atoms with E-state index in [4.69, 9.17) is 4.84 Å². The van der Waals surface area contributed by atoms with Crippen molar-refractivity contribution in [2.24, 2.45) is 5.16 Å². The van der Waals surface area contributed by atoms with Crippen molar-refractivity contribution in [1.82, 2.24) is 0 Å². The lowest BCUT2D eigenvalue weighted by Crippen LogP contribution is -2.06. The number of hydrogen-bond acceptors (Lipinski definition) is 3. The maximum atomic E-state index is 5.87. The molecule has 4 aromatic rings. The smallest absolute Gasteiger partial charge is 0.117 e. The molecular weight excluding hydrogens is 434 g/mol. The van der Waals surface area contributed by atoms with E-state index in [1.54, 1.807) is 11.8 Å². The largest absolute Gasteiger partial charge is 0.395 e. The van der Waals surface area contributed by atoms with E-state index in [1.165, 1.54) is 53.3 Å². The molecule has 0 atom stereocenters. The first-order valence-corrected chi connectivity index (χ1v) is 13.4. The zero-order chi connectivity index (χ0) is 23.4. The second kappa shape index (κ2) is 13.0. The van der Waals surface area contributed by atoms with Gasteiger partial charge in [0.1, 0.15) is 12.3 Å². The van der Waals surface area contributed by atoms with Gasteiger partial charge in [-0.2, -0.15) is 0 Å². The monoisotopic (exact) mass is 467 g/mol. The third-order valence-corrected chi connectivity index (χ3v) is 6.85. The van der Waals surface area contributed by atoms with Gasteiger partial charge in [-0.25, -0.2) is 0 Å². The Bertz CT molecular complexity index is 1180. The number of hydrogen-bond donors (Lipinski definition) is 0. The molecule has 0 aliphatic heterocycles. The van der Waals surface area contributed by atoms with Gasteiger partial charge < -0.3 is 4.84 Å². The van der Waals surface area contributed by atoms with Crippen molar-refractivity contribution in [1.29, 1.82) is 0 Å². The van der Waals surface area contributed by atoms with Crippen LogP contribution in [-0.4, -0.2) is 18.6 Å². The number of nitrogens with zero attached hydrogens (tertiary/aromatic N) is 1. The molecule has 0 fully saturated rings. The topological polar surface area (TPSA) is 21.6 Å². The summed E-state index contributed by atoms with van der Waals surface area (Å²) in [6, 6.07) is 34.2. The molecule has 0 saturated heterocycles. The predicted octanol–water partition coefficient (Wildman–Crippen LogP) is 8.52. The summed E-state index contributed by atoms with van der Waals surface area (Å²) >= 11 is 1.75. The summed E-state index contributed by atoms with van der Waals surface area (Å²) < 4.78 is 0. The quantitative estimate of drug-likeness (QED) is 0.0901. The van der Waals surface area contributed by atoms with E-state index in [0.29, 0.717) is 6.61 Å². The van der Waals surface area contributed by atoms with Crippen molar-refractivity contribution in [2.75, 3.05) is 12.9 Å². The maximum absolute atomic E-state index is 5.87. The van der Waals surface area contributed by atoms with Crippen LogP contribution in [0.15, 0.2) is 107 Å². The highest BCUT2D eigenvalue weighted by Crippen LogP contribution is 2.24. The lowest BCUT2D eigenvalue weighted by molar-refractivity contribution is 0.140. The second-order valence-corrected chi connectivity index (χ2v) is 9.41. The minimum absolute atomic E-state index is 0.649. The molecule has 0 spiro atoms. The van der Waals surface area contributed by atoms with Crippen LogP contribution in [0.25, 0.3) is 10.8 Å². The maximum Gasteiger partial charge on any atom is 0.117 e. The SMILES string of the molecule is CSc1ccc(/C(=N/OCCCCCCCc2ccccc2)c2cccc3ccccc23)cc1. The fourth-order valence-electron chi connectivity index (χ4n) is 4.22. The van der Waals surface area contributed by atoms with Gasteiger partial charge in [0, 0.05) is 16.0 Å². The summed E-state index contributed by atoms with van der Waals surface area (Å²) in [5.74, 6) is 0. The van der Waals surface area contributed by atoms with Gasteiger partial charge >= 0.3 is 0 Å². The molecular formula is C31H33NOS. The van der Waals surface area contributed by atoms with Crippen molar-refractivity contribution in [3.05, 3.63) is 114 Å². The second-order valence-electron chi connectivity index (χ2n) is 8.53. The number of unbranched alkanes of at least 4 members (excludes halogenated alkanes) is 4. The lowest BCUT2D eigenvalue weighted by Gasteiger charge is -2.11. The number of rotatable bonds is 12. The highest BCUT2D eigenvalue weighted by atomic mass is 32.2. The molecule has 0 aromatic heterocycles. The molecule has 2 nitrogen and oxygen atoms in total. The van der Waals surface area contributed by atoms with Crippen LogP contribution in [0.2, 0.25) is 0 Å². The van der Waals surface area contributed by atoms with Crippen LogP contribution in [0.4, 0.5) is 0 Å². The molecule has 0 amide bonds. The van der Waals surface area contributed by atoms with Gasteiger partial charge in [-0.3, -0.25) is 0 Å². The fraction of sp³-hybridized carbons (Fsp3) is 0.258. The molecule has 174 valence electrons. The summed E-state index contributed by atoms with van der Waals surface area (Å²) in [5.41, 5.74) is 4.52. The van der Waals surface area contributed by atoms with Crippen molar-refractivity contribution >= 4 is 28.2 Å². The summed E-state index contributed by atoms with van der Waals surface area (Å²) in [4.78, 5) is 7.11. The molecule has 3 heteroatoms. The van der Waals surface area contributed by atoms with E-state index < -0.39 is 0 Å². The zero-order valence-electron chi connectivity index (χ0n) is 20.0. The Balaban J connectivity index is 1.35. The molecule has 0 aliphatic carbocycles. The molecule has 4 rings (SSSR count). The van der Waals surface area contributed by atoms with Gasteiger partial charge in [0.15, 0.2) is 0 Å². The van der Waals surface area contributed by atoms with Crippen LogP contribution in [0.1, 0.15) is 48.8 Å². The van der Waals surface area contributed by atoms with Crippen LogP contribution in [-0.2, 0) is 11.3 Å². The van der Waals surface area contributed by atoms with E-state index in [0.717, 1.165) is 23.3 Å². The molecule has 0 radical (unpaired) electrons. The Morgan fingerprint density at radius 1 is 0.706 bits per heavy atom. The highest BCUT2D eigenvalue weighted by Gasteiger charge is 2.12. The van der Waals surface area contributed by atoms with Crippen molar-refractivity contribution in [2.45, 2.75) is 43.4 Å². The third kappa shape index (κ3) is 6.74. The fourth-order valence-corrected chi connectivity index (χ4v) is 4.63. The number of fused-ring (bicyclic) bond motifs is 1. The molecule has 0 unspecified atom stereocenters. The van der Waals surface area contributed by atoms with Gasteiger partial charge in [0.05, 0.1) is 0 Å². The van der Waals surface area contributed by atoms with Gasteiger partial charge in [0.25, 0.3) is 0 Å². The van der Waals surface area contributed by atoms with E-state index in [1.807, 2.05) is 0 Å². The van der Waals surface area contributed by atoms with Gasteiger partial charge in [-0.15, -0.1) is 11.8 Å². The van der Waals surface area contributed by atoms with Crippen LogP contribution < -0.4 is 0 Å². The average molecular weight is 468 g/mol. The van der Waals surface area contributed by atoms with Crippen LogP contribution >= 0.6 is 11.8 Å². The van der Waals surface area contributed by atoms with Crippen LogP contribution in [0, 0.1) is 0 Å². The first kappa shape index (κ1) is 24.1. The third-order valence-electron chi connectivity index (χ3n) is 6.11. The minimum atomic E-state index is 0.649. The number of benzene rings is 4. The first-order chi connectivity index (χ1) is 16.8. The molecule has 0 aliphatic rings. The molecule has 0 bridgehead atoms. The normalized spacial score (nSPS) is 11.6. The molecule has 0 heterocycles. The summed E-state index contributed by atoms with van der Waals surface area (Å²) in [7, 11) is 0. The van der Waals surface area contributed by atoms with E-state index >= 15 is 0 Å². The first-order valence-electron chi connectivity index (χ1n) is 12.2. The molecule has 0 N–H and O–H groups in total. The Labute approximate surface area is 208 Å². The highest BCUT2D eigenvalue weighted by molar-refractivity contribution is 7.98. The Hall–Kier alpha value is -3.04. The zero-order valence-corrected chi connectivity index (χ0v) is 20.8. The molecule has 4 aromatic carbocycles. The molecule has 34 heavy (non-hydrogen) atoms. The van der Waals surface area contributed by atoms with E-state index in [2.05, 4.69) is 108 Å². The lowest BCUT2D eigenvalue weighted by atomic mass is 9.97. The van der Waals surface area contributed by atoms with Crippen molar-refractivity contribution in [3.8, 4) is 0 Å².